The van der Waals surface area contributed by atoms with Crippen molar-refractivity contribution in [3.05, 3.63) is 12.4 Å². The maximum absolute atomic E-state index is 13.9. The third kappa shape index (κ3) is 5.11. The number of rotatable bonds is 5. The minimum atomic E-state index is -4.50. The van der Waals surface area contributed by atoms with Gasteiger partial charge >= 0.3 is 192 Å². The zero-order chi connectivity index (χ0) is 27.2. The van der Waals surface area contributed by atoms with Crippen molar-refractivity contribution < 1.29 is 17.9 Å². The third-order valence-corrected chi connectivity index (χ3v) is 6.74. The van der Waals surface area contributed by atoms with E-state index in [-0.39, 0.29) is 23.4 Å². The van der Waals surface area contributed by atoms with E-state index in [0.29, 0.717) is 68.4 Å². The molecule has 11 nitrogen and oxygen atoms in total. The minimum absolute atomic E-state index is 0.0688. The molecule has 201 valence electrons. The Labute approximate surface area is 218 Å². The quantitative estimate of drug-likeness (QED) is 0.488. The van der Waals surface area contributed by atoms with Crippen LogP contribution in [0.4, 0.5) is 30.9 Å². The van der Waals surface area contributed by atoms with Gasteiger partial charge in [-0.25, -0.2) is 9.97 Å². The summed E-state index contributed by atoms with van der Waals surface area (Å²) < 4.78 is 48.4. The molecule has 2 aliphatic rings. The van der Waals surface area contributed by atoms with Crippen LogP contribution in [0.3, 0.4) is 0 Å². The molecule has 0 bridgehead atoms. The summed E-state index contributed by atoms with van der Waals surface area (Å²) in [5.41, 5.74) is 6.68. The number of aromatic nitrogens is 6. The van der Waals surface area contributed by atoms with E-state index < -0.39 is 18.3 Å². The molecule has 0 amide bonds. The van der Waals surface area contributed by atoms with Crippen LogP contribution in [0, 0.1) is 0 Å². The molecule has 3 aromatic heterocycles. The predicted octanol–water partition coefficient (Wildman–Crippen LogP) is 1.48. The van der Waals surface area contributed by atoms with Gasteiger partial charge in [0.15, 0.2) is 0 Å². The van der Waals surface area contributed by atoms with E-state index in [9.17, 15) is 13.2 Å². The molecule has 0 atom stereocenters. The number of piperazine rings is 1. The van der Waals surface area contributed by atoms with Crippen LogP contribution in [0.25, 0.3) is 22.6 Å². The number of nitrogen functional groups attached to an aromatic ring is 1. The number of hydrogen-bond donors (Lipinski definition) is 1. The first kappa shape index (κ1) is 26.1. The van der Waals surface area contributed by atoms with E-state index in [0.717, 1.165) is 4.57 Å². The van der Waals surface area contributed by atoms with E-state index >= 15 is 0 Å². The summed E-state index contributed by atoms with van der Waals surface area (Å²) >= 11 is 0. The topological polar surface area (TPSA) is 114 Å². The summed E-state index contributed by atoms with van der Waals surface area (Å²) in [6.07, 6.45) is -1.60. The van der Waals surface area contributed by atoms with Gasteiger partial charge in [0.1, 0.15) is 0 Å². The van der Waals surface area contributed by atoms with Gasteiger partial charge in [-0.05, 0) is 0 Å². The molecule has 2 fully saturated rings. The van der Waals surface area contributed by atoms with Gasteiger partial charge < -0.3 is 10.5 Å². The van der Waals surface area contributed by atoms with Crippen LogP contribution in [0.5, 0.6) is 0 Å². The molecule has 0 spiro atoms. The van der Waals surface area contributed by atoms with Gasteiger partial charge in [-0.2, -0.15) is 0 Å². The molecule has 0 unspecified atom stereocenters. The second kappa shape index (κ2) is 9.68. The standard InChI is InChI=1S/C23H29BF3N10O/c1-14(24)37-5-4-35(12-22(37,2)3)21-31-16-18(34-6-8-38-9-7-34)32-17(15-10-29-20(28)30-11-15)33-19(16)36(21)13-23(25,26)27/h10-11H,4-9,12-13H2,1-3H3,(H2,28,29,30). The first-order valence-corrected chi connectivity index (χ1v) is 12.3. The fourth-order valence-electron chi connectivity index (χ4n) is 5.10. The van der Waals surface area contributed by atoms with Gasteiger partial charge in [-0.3, -0.25) is 0 Å². The average molecular weight is 529 g/mol. The van der Waals surface area contributed by atoms with Crippen LogP contribution < -0.4 is 15.5 Å². The number of imidazole rings is 1. The number of hydrogen-bond acceptors (Lipinski definition) is 10. The number of nitrogens with two attached hydrogens (primary N) is 1. The zero-order valence-corrected chi connectivity index (χ0v) is 21.5. The molecule has 2 N–H and O–H groups in total. The van der Waals surface area contributed by atoms with Crippen molar-refractivity contribution in [3.8, 4) is 11.4 Å². The summed E-state index contributed by atoms with van der Waals surface area (Å²) in [7, 11) is 6.09. The number of nitrogens with zero attached hydrogens (tertiary/aromatic N) is 9. The second-order valence-electron chi connectivity index (χ2n) is 10.1. The van der Waals surface area contributed by atoms with E-state index in [1.165, 1.54) is 12.4 Å². The SMILES string of the molecule is [B]=C(C)N1CCN(c2nc3c(N4CCOCC4)nc(-c4cnc(N)nc4)nc3n2CC(F)(F)F)CC1(C)C. The molecule has 3 aromatic rings. The fourth-order valence-corrected chi connectivity index (χ4v) is 5.10. The maximum atomic E-state index is 13.9. The molecule has 0 aromatic carbocycles. The number of ether oxygens (including phenoxy) is 1. The number of alkyl halides is 3. The molecule has 0 aliphatic carbocycles. The van der Waals surface area contributed by atoms with Gasteiger partial charge in [-0.1, -0.05) is 0 Å². The van der Waals surface area contributed by atoms with Crippen LogP contribution in [-0.2, 0) is 11.3 Å². The van der Waals surface area contributed by atoms with Crippen molar-refractivity contribution in [3.63, 3.8) is 0 Å². The van der Waals surface area contributed by atoms with Crippen LogP contribution >= 0.6 is 0 Å². The van der Waals surface area contributed by atoms with E-state index in [2.05, 4.69) is 19.9 Å². The van der Waals surface area contributed by atoms with Crippen molar-refractivity contribution in [2.24, 2.45) is 0 Å². The number of morpholine rings is 1. The van der Waals surface area contributed by atoms with E-state index in [1.807, 2.05) is 30.6 Å². The second-order valence-corrected chi connectivity index (χ2v) is 10.1. The van der Waals surface area contributed by atoms with E-state index in [4.69, 9.17) is 27.9 Å². The Kier molecular flexibility index (Phi) is 6.65. The van der Waals surface area contributed by atoms with Gasteiger partial charge in [0.25, 0.3) is 0 Å². The number of fused-ring (bicyclic) bond motifs is 1. The Hall–Kier alpha value is -3.49. The third-order valence-electron chi connectivity index (χ3n) is 6.74. The first-order valence-electron chi connectivity index (χ1n) is 12.3. The van der Waals surface area contributed by atoms with Gasteiger partial charge in [0, 0.05) is 0 Å². The van der Waals surface area contributed by atoms with Crippen LogP contribution in [0.15, 0.2) is 12.4 Å². The molecule has 38 heavy (non-hydrogen) atoms. The average Bonchev–Trinajstić information content (AvgIpc) is 3.20. The summed E-state index contributed by atoms with van der Waals surface area (Å²) in [4.78, 5) is 27.9. The van der Waals surface area contributed by atoms with Crippen molar-refractivity contribution in [2.75, 3.05) is 61.5 Å². The molecule has 2 aliphatic heterocycles. The van der Waals surface area contributed by atoms with Gasteiger partial charge in [-0.15, -0.1) is 0 Å². The molecular weight excluding hydrogens is 500 g/mol. The molecule has 1 radical (unpaired) electrons. The zero-order valence-electron chi connectivity index (χ0n) is 21.5. The van der Waals surface area contributed by atoms with Crippen LogP contribution in [0.1, 0.15) is 20.8 Å². The normalized spacial score (nSPS) is 18.3. The fraction of sp³-hybridized carbons (Fsp3) is 0.565. The van der Waals surface area contributed by atoms with E-state index in [1.54, 1.807) is 0 Å². The van der Waals surface area contributed by atoms with Crippen molar-refractivity contribution in [1.82, 2.24) is 34.4 Å². The molecule has 0 saturated carbocycles. The summed E-state index contributed by atoms with van der Waals surface area (Å²) in [5.74, 6) is 0.886. The Bertz CT molecular complexity index is 1340. The molecule has 2 saturated heterocycles. The van der Waals surface area contributed by atoms with Crippen molar-refractivity contribution in [1.29, 1.82) is 0 Å². The molecule has 5 rings (SSSR count). The Balaban J connectivity index is 1.69. The summed E-state index contributed by atoms with van der Waals surface area (Å²) in [5, 5.41) is 0. The Morgan fingerprint density at radius 3 is 2.34 bits per heavy atom. The number of anilines is 3. The molecular formula is C23H29BF3N10O. The Morgan fingerprint density at radius 1 is 1.05 bits per heavy atom. The molecule has 5 heterocycles. The number of halogens is 3. The Morgan fingerprint density at radius 2 is 1.74 bits per heavy atom. The predicted molar refractivity (Wildman–Crippen MR) is 139 cm³/mol. The molecule has 15 heteroatoms. The monoisotopic (exact) mass is 529 g/mol. The van der Waals surface area contributed by atoms with Crippen molar-refractivity contribution in [2.45, 2.75) is 39.0 Å². The van der Waals surface area contributed by atoms with Crippen molar-refractivity contribution >= 4 is 42.0 Å². The van der Waals surface area contributed by atoms with Crippen LogP contribution in [-0.4, -0.2) is 105 Å². The van der Waals surface area contributed by atoms with Crippen LogP contribution in [0.2, 0.25) is 0 Å². The summed E-state index contributed by atoms with van der Waals surface area (Å²) in [6, 6.07) is 0. The first-order chi connectivity index (χ1) is 17.9. The van der Waals surface area contributed by atoms with Gasteiger partial charge in [0.05, 0.1) is 0 Å². The van der Waals surface area contributed by atoms with Gasteiger partial charge in [0.2, 0.25) is 5.95 Å². The summed E-state index contributed by atoms with van der Waals surface area (Å²) in [6.45, 7) is 7.95.